The molecule has 0 unspecified atom stereocenters. The molecule has 0 aliphatic rings. The first-order valence-electron chi connectivity index (χ1n) is 11.7. The third-order valence-corrected chi connectivity index (χ3v) is 6.68. The first kappa shape index (κ1) is 20.3. The molecule has 0 spiro atoms. The smallest absolute Gasteiger partial charge is 0.0619 e. The number of aromatic nitrogens is 1. The van der Waals surface area contributed by atoms with Crippen LogP contribution in [0.1, 0.15) is 12.5 Å². The summed E-state index contributed by atoms with van der Waals surface area (Å²) in [4.78, 5) is 0. The van der Waals surface area contributed by atoms with Crippen LogP contribution >= 0.6 is 0 Å². The molecule has 0 N–H and O–H groups in total. The predicted octanol–water partition coefficient (Wildman–Crippen LogP) is 9.19. The zero-order valence-electron chi connectivity index (χ0n) is 19.2. The molecule has 0 atom stereocenters. The van der Waals surface area contributed by atoms with Gasteiger partial charge in [0, 0.05) is 21.8 Å². The Labute approximate surface area is 199 Å². The van der Waals surface area contributed by atoms with Gasteiger partial charge < -0.3 is 4.57 Å². The quantitative estimate of drug-likeness (QED) is 0.243. The van der Waals surface area contributed by atoms with Crippen molar-refractivity contribution >= 4 is 38.2 Å². The second-order valence-electron chi connectivity index (χ2n) is 8.75. The van der Waals surface area contributed by atoms with Crippen molar-refractivity contribution in [2.24, 2.45) is 0 Å². The zero-order valence-corrected chi connectivity index (χ0v) is 19.2. The van der Waals surface area contributed by atoms with Crippen LogP contribution in [0.25, 0.3) is 55.0 Å². The number of hydrogen-bond donors (Lipinski definition) is 0. The van der Waals surface area contributed by atoms with E-state index in [9.17, 15) is 0 Å². The van der Waals surface area contributed by atoms with Crippen LogP contribution in [0.3, 0.4) is 0 Å². The largest absolute Gasteiger partial charge is 0.309 e. The van der Waals surface area contributed by atoms with Crippen molar-refractivity contribution in [2.45, 2.75) is 6.92 Å². The van der Waals surface area contributed by atoms with Gasteiger partial charge in [-0.1, -0.05) is 97.6 Å². The van der Waals surface area contributed by atoms with Crippen LogP contribution in [-0.2, 0) is 0 Å². The number of allylic oxidation sites excluding steroid dienone is 3. The first-order chi connectivity index (χ1) is 16.7. The zero-order chi connectivity index (χ0) is 23.1. The highest BCUT2D eigenvalue weighted by Crippen LogP contribution is 2.37. The molecule has 0 bridgehead atoms. The minimum absolute atomic E-state index is 1.18. The fraction of sp³-hybridized carbons (Fsp3) is 0.0303. The second kappa shape index (κ2) is 8.20. The lowest BCUT2D eigenvalue weighted by molar-refractivity contribution is 1.19. The maximum absolute atomic E-state index is 3.83. The molecule has 0 aliphatic carbocycles. The van der Waals surface area contributed by atoms with Gasteiger partial charge in [0.2, 0.25) is 0 Å². The molecule has 0 radical (unpaired) electrons. The van der Waals surface area contributed by atoms with E-state index in [1.54, 1.807) is 0 Å². The highest BCUT2D eigenvalue weighted by molar-refractivity contribution is 6.18. The van der Waals surface area contributed by atoms with Gasteiger partial charge in [0.1, 0.15) is 0 Å². The molecule has 0 fully saturated rings. The van der Waals surface area contributed by atoms with E-state index in [1.807, 2.05) is 6.08 Å². The summed E-state index contributed by atoms with van der Waals surface area (Å²) in [6.07, 6.45) is 3.90. The maximum atomic E-state index is 3.83. The second-order valence-corrected chi connectivity index (χ2v) is 8.75. The van der Waals surface area contributed by atoms with Gasteiger partial charge in [-0.05, 0) is 64.9 Å². The summed E-state index contributed by atoms with van der Waals surface area (Å²) in [5.41, 5.74) is 8.56. The van der Waals surface area contributed by atoms with Crippen LogP contribution in [0, 0.1) is 0 Å². The lowest BCUT2D eigenvalue weighted by Gasteiger charge is -2.11. The van der Waals surface area contributed by atoms with Gasteiger partial charge in [0.15, 0.2) is 0 Å². The maximum Gasteiger partial charge on any atom is 0.0619 e. The van der Waals surface area contributed by atoms with Gasteiger partial charge >= 0.3 is 0 Å². The molecule has 1 heteroatoms. The number of rotatable bonds is 4. The van der Waals surface area contributed by atoms with Crippen molar-refractivity contribution in [3.05, 3.63) is 133 Å². The molecule has 34 heavy (non-hydrogen) atoms. The number of para-hydroxylation sites is 2. The third-order valence-electron chi connectivity index (χ3n) is 6.68. The Morgan fingerprint density at radius 2 is 1.44 bits per heavy atom. The normalized spacial score (nSPS) is 12.0. The molecule has 0 amide bonds. The van der Waals surface area contributed by atoms with Crippen molar-refractivity contribution in [1.82, 2.24) is 4.57 Å². The topological polar surface area (TPSA) is 4.93 Å². The summed E-state index contributed by atoms with van der Waals surface area (Å²) in [5, 5.41) is 5.07. The minimum atomic E-state index is 1.18. The molecule has 6 aromatic rings. The van der Waals surface area contributed by atoms with Crippen molar-refractivity contribution in [1.29, 1.82) is 0 Å². The Morgan fingerprint density at radius 3 is 2.29 bits per heavy atom. The molecule has 162 valence electrons. The minimum Gasteiger partial charge on any atom is -0.309 e. The Bertz CT molecular complexity index is 1710. The fourth-order valence-electron chi connectivity index (χ4n) is 5.03. The molecule has 0 saturated heterocycles. The molecular weight excluding hydrogens is 410 g/mol. The molecule has 0 saturated carbocycles. The average molecular weight is 436 g/mol. The number of fused-ring (bicyclic) bond motifs is 5. The van der Waals surface area contributed by atoms with E-state index in [0.717, 1.165) is 0 Å². The lowest BCUT2D eigenvalue weighted by Crippen LogP contribution is -1.94. The van der Waals surface area contributed by atoms with Crippen molar-refractivity contribution in [3.63, 3.8) is 0 Å². The van der Waals surface area contributed by atoms with Crippen LogP contribution in [0.2, 0.25) is 0 Å². The summed E-state index contributed by atoms with van der Waals surface area (Å²) in [5.74, 6) is 0. The van der Waals surface area contributed by atoms with Crippen LogP contribution in [0.15, 0.2) is 128 Å². The van der Waals surface area contributed by atoms with Crippen molar-refractivity contribution in [2.75, 3.05) is 0 Å². The van der Waals surface area contributed by atoms with E-state index < -0.39 is 0 Å². The number of nitrogens with zero attached hydrogens (tertiary/aromatic N) is 1. The number of hydrogen-bond acceptors (Lipinski definition) is 0. The third kappa shape index (κ3) is 3.25. The van der Waals surface area contributed by atoms with Crippen LogP contribution in [0.4, 0.5) is 0 Å². The molecule has 6 rings (SSSR count). The van der Waals surface area contributed by atoms with E-state index in [4.69, 9.17) is 0 Å². The van der Waals surface area contributed by atoms with E-state index >= 15 is 0 Å². The first-order valence-corrected chi connectivity index (χ1v) is 11.7. The van der Waals surface area contributed by atoms with Crippen LogP contribution in [0.5, 0.6) is 0 Å². The van der Waals surface area contributed by atoms with Crippen molar-refractivity contribution in [3.8, 4) is 16.8 Å². The Kier molecular flexibility index (Phi) is 4.89. The summed E-state index contributed by atoms with van der Waals surface area (Å²) >= 11 is 0. The Hall–Kier alpha value is -4.36. The summed E-state index contributed by atoms with van der Waals surface area (Å²) in [7, 11) is 0. The van der Waals surface area contributed by atoms with Gasteiger partial charge in [-0.2, -0.15) is 0 Å². The molecule has 1 aromatic heterocycles. The molecule has 5 aromatic carbocycles. The fourth-order valence-corrected chi connectivity index (χ4v) is 5.03. The van der Waals surface area contributed by atoms with Gasteiger partial charge in [-0.3, -0.25) is 0 Å². The van der Waals surface area contributed by atoms with Gasteiger partial charge in [-0.15, -0.1) is 0 Å². The SMILES string of the molecule is C=C/C=C(\C)c1cccc(-c2ccc3c(ccc4c5ccccc5n(-c5ccccc5)c34)c2)c1. The van der Waals surface area contributed by atoms with Gasteiger partial charge in [-0.25, -0.2) is 0 Å². The van der Waals surface area contributed by atoms with Gasteiger partial charge in [0.05, 0.1) is 11.0 Å². The Morgan fingerprint density at radius 1 is 0.676 bits per heavy atom. The molecule has 1 nitrogen and oxygen atoms in total. The molecular formula is C33H25N. The van der Waals surface area contributed by atoms with Crippen LogP contribution < -0.4 is 0 Å². The summed E-state index contributed by atoms with van der Waals surface area (Å²) in [6, 6.07) is 39.4. The van der Waals surface area contributed by atoms with Crippen LogP contribution in [-0.4, -0.2) is 4.57 Å². The lowest BCUT2D eigenvalue weighted by atomic mass is 9.96. The monoisotopic (exact) mass is 435 g/mol. The van der Waals surface area contributed by atoms with E-state index in [2.05, 4.69) is 133 Å². The highest BCUT2D eigenvalue weighted by Gasteiger charge is 2.15. The Balaban J connectivity index is 1.60. The molecule has 1 heterocycles. The van der Waals surface area contributed by atoms with Gasteiger partial charge in [0.25, 0.3) is 0 Å². The predicted molar refractivity (Wildman–Crippen MR) is 148 cm³/mol. The summed E-state index contributed by atoms with van der Waals surface area (Å²) in [6.45, 7) is 5.96. The standard InChI is InChI=1S/C33H25N/c1-3-10-23(2)24-11-9-12-25(21-24)26-17-19-29-27(22-26)18-20-31-30-15-7-8-16-32(30)34(33(29)31)28-13-5-4-6-14-28/h3-22H,1H2,2H3/b23-10+. The summed E-state index contributed by atoms with van der Waals surface area (Å²) < 4.78 is 2.40. The highest BCUT2D eigenvalue weighted by atomic mass is 15.0. The van der Waals surface area contributed by atoms with Crippen molar-refractivity contribution < 1.29 is 0 Å². The molecule has 0 aliphatic heterocycles. The van der Waals surface area contributed by atoms with E-state index in [0.29, 0.717) is 0 Å². The number of benzene rings is 5. The average Bonchev–Trinajstić information content (AvgIpc) is 3.24. The van der Waals surface area contributed by atoms with E-state index in [1.165, 1.54) is 60.5 Å². The van der Waals surface area contributed by atoms with E-state index in [-0.39, 0.29) is 0 Å².